The van der Waals surface area contributed by atoms with E-state index in [1.54, 1.807) is 4.90 Å². The number of aromatic nitrogens is 2. The Labute approximate surface area is 448 Å². The Morgan fingerprint density at radius 2 is 1.60 bits per heavy atom. The summed E-state index contributed by atoms with van der Waals surface area (Å²) >= 11 is 3.56. The maximum Gasteiger partial charge on any atom is 0.352 e. The molecule has 4 aliphatic heterocycles. The summed E-state index contributed by atoms with van der Waals surface area (Å²) in [4.78, 5) is 98.2. The molecule has 2 N–H and O–H groups in total. The van der Waals surface area contributed by atoms with Crippen LogP contribution in [0.1, 0.15) is 132 Å². The van der Waals surface area contributed by atoms with Gasteiger partial charge < -0.3 is 33.9 Å². The standard InChI is InChI=1S/C56H76BrN7O11/c1-33-49(43(59-60(33)2)31-74-36-18-19-42(57)35(29-36)30-65)40-13-6-12-38-39(15-8-28-73-45-16-5-10-34-9-3-4-11-37(34)45)52(56(71)72)63(51(38)40)27-24-61-22-25-62(26-23-61)48(67)32-75-46-17-7-14-41-50(46)55(70)64(54(41)69)44-20-21-47(66)58-53(44)68/h18-19,29-30,34-35,37-38,40-42,44-46,50-51H,3-17,20-28,31-32H2,1-2H3,(H,71,72)(H,58,66,68). The molecule has 4 saturated carbocycles. The number of aliphatic carboxylic acids is 1. The topological polar surface area (TPSA) is 210 Å². The Balaban J connectivity index is 0.809. The first-order valence-electron chi connectivity index (χ1n) is 28.1. The number of carboxylic acid groups (broad SMARTS) is 1. The molecule has 0 bridgehead atoms. The largest absolute Gasteiger partial charge is 0.488 e. The fraction of sp³-hybridized carbons (Fsp3) is 0.714. The van der Waals surface area contributed by atoms with Crippen LogP contribution in [0.15, 0.2) is 35.3 Å². The van der Waals surface area contributed by atoms with Crippen LogP contribution in [0.4, 0.5) is 0 Å². The summed E-state index contributed by atoms with van der Waals surface area (Å²) in [6.07, 6.45) is 20.9. The summed E-state index contributed by atoms with van der Waals surface area (Å²) in [6.45, 7) is 5.88. The molecule has 0 spiro atoms. The van der Waals surface area contributed by atoms with E-state index in [1.165, 1.54) is 38.5 Å². The number of carbonyl (C=O) groups excluding carboxylic acids is 6. The van der Waals surface area contributed by atoms with Crippen LogP contribution in [0.5, 0.6) is 0 Å². The summed E-state index contributed by atoms with van der Waals surface area (Å²) in [6, 6.07) is -1.13. The highest BCUT2D eigenvalue weighted by Crippen LogP contribution is 2.52. The summed E-state index contributed by atoms with van der Waals surface area (Å²) in [5.74, 6) is -2.74. The zero-order chi connectivity index (χ0) is 52.5. The van der Waals surface area contributed by atoms with E-state index in [0.29, 0.717) is 95.0 Å². The van der Waals surface area contributed by atoms with Crippen molar-refractivity contribution in [3.05, 3.63) is 52.2 Å². The van der Waals surface area contributed by atoms with E-state index in [4.69, 9.17) is 19.3 Å². The SMILES string of the molecule is Cc1c(C2CCCC3C(CCCOC4CCCC5CCCCC54)=C(C(=O)O)N(CCN4CCN(C(=O)COC5CCCC6C(=O)N(C7CCC(=O)NC7=O)C(=O)C56)CC4)C32)c(COC2=CC(C=O)C(Br)C=C2)nn1C. The molecule has 75 heavy (non-hydrogen) atoms. The van der Waals surface area contributed by atoms with E-state index in [0.717, 1.165) is 71.7 Å². The van der Waals surface area contributed by atoms with Crippen molar-refractivity contribution < 1.29 is 52.9 Å². The first kappa shape index (κ1) is 53.7. The van der Waals surface area contributed by atoms with Gasteiger partial charge in [-0.25, -0.2) is 4.79 Å². The van der Waals surface area contributed by atoms with Crippen molar-refractivity contribution >= 4 is 57.7 Å². The van der Waals surface area contributed by atoms with Crippen molar-refractivity contribution in [2.24, 2.45) is 42.6 Å². The molecule has 10 rings (SSSR count). The molecule has 5 heterocycles. The van der Waals surface area contributed by atoms with Crippen molar-refractivity contribution in [1.29, 1.82) is 0 Å². The van der Waals surface area contributed by atoms with Gasteiger partial charge in [0, 0.05) is 93.3 Å². The number of piperidine rings is 1. The number of carboxylic acids is 1. The summed E-state index contributed by atoms with van der Waals surface area (Å²) < 4.78 is 21.2. The minimum absolute atomic E-state index is 0.0118. The van der Waals surface area contributed by atoms with Gasteiger partial charge >= 0.3 is 5.97 Å². The molecule has 1 aromatic heterocycles. The van der Waals surface area contributed by atoms with Crippen LogP contribution in [0, 0.1) is 42.4 Å². The van der Waals surface area contributed by atoms with Gasteiger partial charge in [0.15, 0.2) is 0 Å². The van der Waals surface area contributed by atoms with Gasteiger partial charge in [0.05, 0.1) is 30.0 Å². The van der Waals surface area contributed by atoms with Crippen molar-refractivity contribution in [3.8, 4) is 0 Å². The average Bonchev–Trinajstić information content (AvgIpc) is 3.99. The average molecular weight is 1100 g/mol. The van der Waals surface area contributed by atoms with E-state index >= 15 is 0 Å². The van der Waals surface area contributed by atoms with Crippen LogP contribution in [0.3, 0.4) is 0 Å². The molecule has 0 aromatic carbocycles. The van der Waals surface area contributed by atoms with Gasteiger partial charge in [0.2, 0.25) is 29.5 Å². The zero-order valence-electron chi connectivity index (χ0n) is 43.7. The number of amides is 5. The number of ether oxygens (including phenoxy) is 3. The normalized spacial score (nSPS) is 33.3. The van der Waals surface area contributed by atoms with Crippen molar-refractivity contribution in [2.75, 3.05) is 52.5 Å². The van der Waals surface area contributed by atoms with Gasteiger partial charge in [-0.05, 0) is 101 Å². The molecule has 19 heteroatoms. The van der Waals surface area contributed by atoms with Crippen molar-refractivity contribution in [1.82, 2.24) is 34.7 Å². The number of likely N-dealkylation sites (tertiary alicyclic amines) is 1. The molecule has 408 valence electrons. The van der Waals surface area contributed by atoms with Crippen LogP contribution in [0.25, 0.3) is 0 Å². The highest BCUT2D eigenvalue weighted by Gasteiger charge is 2.56. The molecule has 12 atom stereocenters. The van der Waals surface area contributed by atoms with E-state index in [9.17, 15) is 38.7 Å². The van der Waals surface area contributed by atoms with Crippen molar-refractivity contribution in [2.45, 2.75) is 158 Å². The number of allylic oxidation sites excluding steroid dienone is 3. The minimum atomic E-state index is -1.02. The highest BCUT2D eigenvalue weighted by molar-refractivity contribution is 9.09. The molecule has 3 saturated heterocycles. The quantitative estimate of drug-likeness (QED) is 0.0810. The number of imide groups is 2. The van der Waals surface area contributed by atoms with Crippen LogP contribution < -0.4 is 5.32 Å². The number of aldehydes is 1. The molecule has 9 aliphatic rings. The Morgan fingerprint density at radius 3 is 2.39 bits per heavy atom. The van der Waals surface area contributed by atoms with E-state index in [-0.39, 0.29) is 60.6 Å². The number of fused-ring (bicyclic) bond motifs is 3. The predicted octanol–water partition coefficient (Wildman–Crippen LogP) is 5.46. The third-order valence-corrected chi connectivity index (χ3v) is 19.6. The second-order valence-electron chi connectivity index (χ2n) is 22.8. The third-order valence-electron chi connectivity index (χ3n) is 18.7. The lowest BCUT2D eigenvalue weighted by molar-refractivity contribution is -0.153. The Hall–Kier alpha value is -4.72. The van der Waals surface area contributed by atoms with Gasteiger partial charge in [0.1, 0.15) is 42.7 Å². The predicted molar refractivity (Wildman–Crippen MR) is 277 cm³/mol. The van der Waals surface area contributed by atoms with Gasteiger partial charge in [-0.1, -0.05) is 60.5 Å². The fourth-order valence-electron chi connectivity index (χ4n) is 14.9. The first-order valence-corrected chi connectivity index (χ1v) is 29.0. The second-order valence-corrected chi connectivity index (χ2v) is 23.8. The first-order chi connectivity index (χ1) is 36.3. The van der Waals surface area contributed by atoms with Crippen molar-refractivity contribution in [3.63, 3.8) is 0 Å². The summed E-state index contributed by atoms with van der Waals surface area (Å²) in [5.41, 5.74) is 4.38. The number of hydrogen-bond acceptors (Lipinski definition) is 13. The lowest BCUT2D eigenvalue weighted by Gasteiger charge is -2.42. The van der Waals surface area contributed by atoms with Crippen LogP contribution in [-0.4, -0.2) is 158 Å². The number of hydrogen-bond donors (Lipinski definition) is 2. The molecule has 0 radical (unpaired) electrons. The molecule has 1 aromatic rings. The molecule has 12 unspecified atom stereocenters. The molecule has 7 fully saturated rings. The number of carbonyl (C=O) groups is 7. The number of nitrogens with zero attached hydrogens (tertiary/aromatic N) is 6. The molecule has 5 amide bonds. The Bertz CT molecular complexity index is 2460. The maximum atomic E-state index is 13.8. The van der Waals surface area contributed by atoms with Gasteiger partial charge in [-0.2, -0.15) is 5.10 Å². The smallest absolute Gasteiger partial charge is 0.352 e. The highest BCUT2D eigenvalue weighted by atomic mass is 79.9. The van der Waals surface area contributed by atoms with Gasteiger partial charge in [0.25, 0.3) is 0 Å². The van der Waals surface area contributed by atoms with E-state index < -0.39 is 53.6 Å². The number of halogens is 1. The third kappa shape index (κ3) is 11.1. The fourth-order valence-corrected chi connectivity index (χ4v) is 15.3. The van der Waals surface area contributed by atoms with Crippen LogP contribution in [-0.2, 0) is 61.4 Å². The Kier molecular flexibility index (Phi) is 16.8. The van der Waals surface area contributed by atoms with Gasteiger partial charge in [-0.3, -0.25) is 43.8 Å². The zero-order valence-corrected chi connectivity index (χ0v) is 45.3. The number of nitrogens with one attached hydrogen (secondary N) is 1. The summed E-state index contributed by atoms with van der Waals surface area (Å²) in [5, 5.41) is 18.5. The molecule has 5 aliphatic carbocycles. The lowest BCUT2D eigenvalue weighted by Crippen LogP contribution is -2.54. The molecular weight excluding hydrogens is 1030 g/mol. The number of aryl methyl sites for hydroxylation is 1. The Morgan fingerprint density at radius 1 is 0.867 bits per heavy atom. The van der Waals surface area contributed by atoms with Gasteiger partial charge in [-0.15, -0.1) is 0 Å². The van der Waals surface area contributed by atoms with Crippen LogP contribution in [0.2, 0.25) is 0 Å². The number of alkyl halides is 1. The maximum absolute atomic E-state index is 13.8. The van der Waals surface area contributed by atoms with E-state index in [1.807, 2.05) is 30.0 Å². The molecular formula is C56H76BrN7O11. The lowest BCUT2D eigenvalue weighted by atomic mass is 9.69. The monoisotopic (exact) mass is 1100 g/mol. The molecule has 18 nitrogen and oxygen atoms in total. The number of piperazine rings is 1. The number of rotatable bonds is 18. The minimum Gasteiger partial charge on any atom is -0.488 e. The van der Waals surface area contributed by atoms with E-state index in [2.05, 4.69) is 38.0 Å². The van der Waals surface area contributed by atoms with Crippen LogP contribution >= 0.6 is 15.9 Å². The second kappa shape index (κ2) is 23.5. The summed E-state index contributed by atoms with van der Waals surface area (Å²) in [7, 11) is 1.94.